The number of para-hydroxylation sites is 1. The van der Waals surface area contributed by atoms with Crippen molar-refractivity contribution in [2.45, 2.75) is 5.33 Å². The predicted molar refractivity (Wildman–Crippen MR) is 59.1 cm³/mol. The van der Waals surface area contributed by atoms with Gasteiger partial charge < -0.3 is 0 Å². The normalized spacial score (nSPS) is 10.0. The lowest BCUT2D eigenvalue weighted by atomic mass is 10.1. The first-order valence-corrected chi connectivity index (χ1v) is 5.32. The number of nitriles is 1. The number of fused-ring (bicyclic) bond motifs is 1. The average molecular weight is 247 g/mol. The van der Waals surface area contributed by atoms with Crippen LogP contribution in [0.15, 0.2) is 30.3 Å². The van der Waals surface area contributed by atoms with Crippen LogP contribution in [0.1, 0.15) is 11.3 Å². The van der Waals surface area contributed by atoms with Crippen LogP contribution >= 0.6 is 15.9 Å². The molecule has 0 unspecified atom stereocenters. The lowest BCUT2D eigenvalue weighted by Gasteiger charge is -2.00. The SMILES string of the molecule is N#Cc1cccc2ccc(CBr)nc12. The van der Waals surface area contributed by atoms with Gasteiger partial charge in [-0.05, 0) is 12.1 Å². The molecule has 0 atom stereocenters. The van der Waals surface area contributed by atoms with E-state index < -0.39 is 0 Å². The molecule has 0 fully saturated rings. The molecule has 0 saturated carbocycles. The molecule has 14 heavy (non-hydrogen) atoms. The minimum atomic E-state index is 0.630. The summed E-state index contributed by atoms with van der Waals surface area (Å²) in [5.41, 5.74) is 2.36. The van der Waals surface area contributed by atoms with Crippen molar-refractivity contribution in [2.75, 3.05) is 0 Å². The van der Waals surface area contributed by atoms with Crippen molar-refractivity contribution in [3.05, 3.63) is 41.6 Å². The van der Waals surface area contributed by atoms with E-state index in [1.807, 2.05) is 24.3 Å². The maximum atomic E-state index is 8.90. The Morgan fingerprint density at radius 2 is 2.14 bits per heavy atom. The number of nitrogens with zero attached hydrogens (tertiary/aromatic N) is 2. The van der Waals surface area contributed by atoms with Crippen LogP contribution < -0.4 is 0 Å². The summed E-state index contributed by atoms with van der Waals surface area (Å²) in [6.07, 6.45) is 0. The summed E-state index contributed by atoms with van der Waals surface area (Å²) in [6, 6.07) is 11.7. The van der Waals surface area contributed by atoms with Gasteiger partial charge in [0.05, 0.1) is 16.8 Å². The van der Waals surface area contributed by atoms with E-state index in [0.29, 0.717) is 10.9 Å². The molecule has 0 radical (unpaired) electrons. The Morgan fingerprint density at radius 3 is 2.86 bits per heavy atom. The predicted octanol–water partition coefficient (Wildman–Crippen LogP) is 3.00. The first kappa shape index (κ1) is 9.17. The Balaban J connectivity index is 2.78. The molecule has 0 saturated heterocycles. The van der Waals surface area contributed by atoms with Crippen molar-refractivity contribution in [2.24, 2.45) is 0 Å². The van der Waals surface area contributed by atoms with Gasteiger partial charge in [0.2, 0.25) is 0 Å². The van der Waals surface area contributed by atoms with Crippen LogP contribution in [0.4, 0.5) is 0 Å². The highest BCUT2D eigenvalue weighted by molar-refractivity contribution is 9.08. The van der Waals surface area contributed by atoms with Crippen LogP contribution in [0.3, 0.4) is 0 Å². The van der Waals surface area contributed by atoms with E-state index in [0.717, 1.165) is 16.6 Å². The van der Waals surface area contributed by atoms with E-state index in [9.17, 15) is 0 Å². The molecule has 0 N–H and O–H groups in total. The fourth-order valence-electron chi connectivity index (χ4n) is 1.35. The van der Waals surface area contributed by atoms with E-state index in [4.69, 9.17) is 5.26 Å². The van der Waals surface area contributed by atoms with Crippen LogP contribution in [-0.2, 0) is 5.33 Å². The zero-order valence-corrected chi connectivity index (χ0v) is 8.95. The molecule has 2 nitrogen and oxygen atoms in total. The molecule has 1 heterocycles. The third-order valence-corrected chi connectivity index (χ3v) is 2.61. The Hall–Kier alpha value is -1.40. The van der Waals surface area contributed by atoms with Crippen LogP contribution in [-0.4, -0.2) is 4.98 Å². The van der Waals surface area contributed by atoms with Crippen molar-refractivity contribution >= 4 is 26.8 Å². The molecule has 1 aromatic heterocycles. The van der Waals surface area contributed by atoms with Gasteiger partial charge in [-0.2, -0.15) is 5.26 Å². The first-order valence-electron chi connectivity index (χ1n) is 4.20. The third-order valence-electron chi connectivity index (χ3n) is 2.04. The molecule has 0 aliphatic heterocycles. The minimum Gasteiger partial charge on any atom is -0.251 e. The smallest absolute Gasteiger partial charge is 0.101 e. The van der Waals surface area contributed by atoms with Crippen molar-refractivity contribution in [3.8, 4) is 6.07 Å². The summed E-state index contributed by atoms with van der Waals surface area (Å²) in [4.78, 5) is 4.40. The number of hydrogen-bond donors (Lipinski definition) is 0. The van der Waals surface area contributed by atoms with Crippen molar-refractivity contribution in [3.63, 3.8) is 0 Å². The van der Waals surface area contributed by atoms with Gasteiger partial charge in [0.1, 0.15) is 6.07 Å². The first-order chi connectivity index (χ1) is 6.85. The second-order valence-corrected chi connectivity index (χ2v) is 3.49. The van der Waals surface area contributed by atoms with Crippen LogP contribution in [0, 0.1) is 11.3 Å². The van der Waals surface area contributed by atoms with Crippen molar-refractivity contribution in [1.29, 1.82) is 5.26 Å². The number of pyridine rings is 1. The van der Waals surface area contributed by atoms with Gasteiger partial charge in [0.25, 0.3) is 0 Å². The Kier molecular flexibility index (Phi) is 2.47. The molecule has 0 aliphatic carbocycles. The van der Waals surface area contributed by atoms with Crippen molar-refractivity contribution < 1.29 is 0 Å². The topological polar surface area (TPSA) is 36.7 Å². The molecule has 0 amide bonds. The van der Waals surface area contributed by atoms with Crippen LogP contribution in [0.2, 0.25) is 0 Å². The fourth-order valence-corrected chi connectivity index (χ4v) is 1.66. The lowest BCUT2D eigenvalue weighted by Crippen LogP contribution is -1.88. The van der Waals surface area contributed by atoms with E-state index >= 15 is 0 Å². The zero-order chi connectivity index (χ0) is 9.97. The third kappa shape index (κ3) is 1.49. The maximum Gasteiger partial charge on any atom is 0.101 e. The number of alkyl halides is 1. The van der Waals surface area contributed by atoms with Gasteiger partial charge in [-0.25, -0.2) is 0 Å². The Labute approximate surface area is 90.3 Å². The number of hydrogen-bond acceptors (Lipinski definition) is 2. The standard InChI is InChI=1S/C11H7BrN2/c12-6-10-5-4-8-2-1-3-9(7-13)11(8)14-10/h1-5H,6H2. The van der Waals surface area contributed by atoms with Gasteiger partial charge in [0, 0.05) is 10.7 Å². The molecule has 1 aromatic carbocycles. The zero-order valence-electron chi connectivity index (χ0n) is 7.37. The molecule has 2 aromatic rings. The average Bonchev–Trinajstić information content (AvgIpc) is 2.27. The van der Waals surface area contributed by atoms with Crippen LogP contribution in [0.25, 0.3) is 10.9 Å². The maximum absolute atomic E-state index is 8.90. The molecular formula is C11H7BrN2. The minimum absolute atomic E-state index is 0.630. The fraction of sp³-hybridized carbons (Fsp3) is 0.0909. The number of benzene rings is 1. The van der Waals surface area contributed by atoms with E-state index in [2.05, 4.69) is 27.0 Å². The molecule has 2 rings (SSSR count). The molecular weight excluding hydrogens is 240 g/mol. The Bertz CT molecular complexity index is 514. The molecule has 0 spiro atoms. The second kappa shape index (κ2) is 3.77. The van der Waals surface area contributed by atoms with Gasteiger partial charge in [-0.3, -0.25) is 4.98 Å². The van der Waals surface area contributed by atoms with Gasteiger partial charge in [0.15, 0.2) is 0 Å². The largest absolute Gasteiger partial charge is 0.251 e. The highest BCUT2D eigenvalue weighted by Crippen LogP contribution is 2.17. The summed E-state index contributed by atoms with van der Waals surface area (Å²) in [6.45, 7) is 0. The quantitative estimate of drug-likeness (QED) is 0.726. The number of halogens is 1. The highest BCUT2D eigenvalue weighted by Gasteiger charge is 2.01. The van der Waals surface area contributed by atoms with Gasteiger partial charge in [-0.1, -0.05) is 34.1 Å². The van der Waals surface area contributed by atoms with E-state index in [1.165, 1.54) is 0 Å². The van der Waals surface area contributed by atoms with E-state index in [1.54, 1.807) is 6.07 Å². The summed E-state index contributed by atoms with van der Waals surface area (Å²) in [7, 11) is 0. The number of aromatic nitrogens is 1. The lowest BCUT2D eigenvalue weighted by molar-refractivity contribution is 1.23. The van der Waals surface area contributed by atoms with Crippen molar-refractivity contribution in [1.82, 2.24) is 4.98 Å². The van der Waals surface area contributed by atoms with Gasteiger partial charge >= 0.3 is 0 Å². The van der Waals surface area contributed by atoms with Crippen LogP contribution in [0.5, 0.6) is 0 Å². The molecule has 68 valence electrons. The summed E-state index contributed by atoms with van der Waals surface area (Å²) in [5.74, 6) is 0. The monoisotopic (exact) mass is 246 g/mol. The summed E-state index contributed by atoms with van der Waals surface area (Å²) >= 11 is 3.34. The number of rotatable bonds is 1. The second-order valence-electron chi connectivity index (χ2n) is 2.93. The Morgan fingerprint density at radius 1 is 1.29 bits per heavy atom. The molecule has 0 bridgehead atoms. The summed E-state index contributed by atoms with van der Waals surface area (Å²) in [5, 5.41) is 10.6. The molecule has 0 aliphatic rings. The molecule has 3 heteroatoms. The van der Waals surface area contributed by atoms with E-state index in [-0.39, 0.29) is 0 Å². The highest BCUT2D eigenvalue weighted by atomic mass is 79.9. The van der Waals surface area contributed by atoms with Gasteiger partial charge in [-0.15, -0.1) is 0 Å². The summed E-state index contributed by atoms with van der Waals surface area (Å²) < 4.78 is 0.